The number of nitrogens with zero attached hydrogens (tertiary/aromatic N) is 3. The maximum atomic E-state index is 11.9. The molecule has 8 heteroatoms. The van der Waals surface area contributed by atoms with Gasteiger partial charge in [-0.15, -0.1) is 0 Å². The molecule has 0 unspecified atom stereocenters. The van der Waals surface area contributed by atoms with Crippen molar-refractivity contribution >= 4 is 11.9 Å². The lowest BCUT2D eigenvalue weighted by Gasteiger charge is -2.18. The highest BCUT2D eigenvalue weighted by molar-refractivity contribution is 5.93. The fraction of sp³-hybridized carbons (Fsp3) is 0.556. The zero-order valence-electron chi connectivity index (χ0n) is 9.03. The molecule has 1 aromatic rings. The number of aliphatic carboxylic acids is 1. The zero-order chi connectivity index (χ0) is 12.6. The molecule has 0 aromatic carbocycles. The van der Waals surface area contributed by atoms with Crippen molar-refractivity contribution in [3.05, 3.63) is 11.7 Å². The zero-order valence-corrected chi connectivity index (χ0v) is 9.03. The second-order valence-electron chi connectivity index (χ2n) is 3.84. The number of amides is 1. The number of carboxylic acids is 1. The first-order chi connectivity index (χ1) is 7.99. The number of rotatable bonds is 2. The molecule has 17 heavy (non-hydrogen) atoms. The van der Waals surface area contributed by atoms with E-state index in [1.807, 2.05) is 0 Å². The van der Waals surface area contributed by atoms with Gasteiger partial charge in [0.05, 0.1) is 6.10 Å². The smallest absolute Gasteiger partial charge is 0.326 e. The van der Waals surface area contributed by atoms with Crippen molar-refractivity contribution in [3.63, 3.8) is 0 Å². The Hall–Kier alpha value is -1.96. The van der Waals surface area contributed by atoms with Crippen LogP contribution in [0.5, 0.6) is 0 Å². The lowest BCUT2D eigenvalue weighted by atomic mass is 10.2. The number of carbonyl (C=O) groups is 2. The van der Waals surface area contributed by atoms with Crippen LogP contribution in [0.25, 0.3) is 0 Å². The van der Waals surface area contributed by atoms with Crippen molar-refractivity contribution in [2.24, 2.45) is 0 Å². The van der Waals surface area contributed by atoms with Gasteiger partial charge in [0.25, 0.3) is 11.7 Å². The van der Waals surface area contributed by atoms with Gasteiger partial charge in [-0.05, 0) is 0 Å². The van der Waals surface area contributed by atoms with E-state index >= 15 is 0 Å². The molecule has 1 amide bonds. The molecule has 0 radical (unpaired) electrons. The van der Waals surface area contributed by atoms with E-state index in [0.29, 0.717) is 0 Å². The van der Waals surface area contributed by atoms with Gasteiger partial charge in [0.15, 0.2) is 0 Å². The van der Waals surface area contributed by atoms with E-state index in [1.54, 1.807) is 0 Å². The molecular weight excluding hydrogens is 230 g/mol. The fourth-order valence-electron chi connectivity index (χ4n) is 1.79. The Bertz CT molecular complexity index is 457. The molecule has 92 valence electrons. The number of aryl methyl sites for hydroxylation is 1. The second kappa shape index (κ2) is 4.13. The van der Waals surface area contributed by atoms with Crippen LogP contribution >= 0.6 is 0 Å². The standard InChI is InChI=1S/C9H11N3O5/c1-4-10-7(11-17-4)8(14)12-3-5(13)2-6(12)9(15)16/h5-6,13H,2-3H2,1H3,(H,15,16)/t5-,6-/m0/s1. The van der Waals surface area contributed by atoms with Gasteiger partial charge in [-0.2, -0.15) is 4.98 Å². The summed E-state index contributed by atoms with van der Waals surface area (Å²) in [5.74, 6) is -1.77. The van der Waals surface area contributed by atoms with E-state index in [4.69, 9.17) is 5.11 Å². The van der Waals surface area contributed by atoms with E-state index in [1.165, 1.54) is 6.92 Å². The highest BCUT2D eigenvalue weighted by Gasteiger charge is 2.40. The summed E-state index contributed by atoms with van der Waals surface area (Å²) in [5, 5.41) is 21.8. The Labute approximate surface area is 95.8 Å². The lowest BCUT2D eigenvalue weighted by Crippen LogP contribution is -2.41. The first kappa shape index (κ1) is 11.5. The topological polar surface area (TPSA) is 117 Å². The molecule has 1 fully saturated rings. The SMILES string of the molecule is Cc1nc(C(=O)N2C[C@@H](O)C[C@H]2C(=O)O)no1. The first-order valence-corrected chi connectivity index (χ1v) is 5.01. The Balaban J connectivity index is 2.21. The Morgan fingerprint density at radius 3 is 2.76 bits per heavy atom. The molecule has 2 rings (SSSR count). The number of hydrogen-bond acceptors (Lipinski definition) is 6. The summed E-state index contributed by atoms with van der Waals surface area (Å²) in [5.41, 5.74) is 0. The predicted octanol–water partition coefficient (Wildman–Crippen LogP) is -0.962. The summed E-state index contributed by atoms with van der Waals surface area (Å²) >= 11 is 0. The summed E-state index contributed by atoms with van der Waals surface area (Å²) in [7, 11) is 0. The molecule has 1 aliphatic rings. The number of aromatic nitrogens is 2. The predicted molar refractivity (Wildman–Crippen MR) is 52.1 cm³/mol. The van der Waals surface area contributed by atoms with Crippen LogP contribution in [0.4, 0.5) is 0 Å². The summed E-state index contributed by atoms with van der Waals surface area (Å²) in [6.45, 7) is 1.49. The van der Waals surface area contributed by atoms with Gasteiger partial charge >= 0.3 is 5.97 Å². The third-order valence-electron chi connectivity index (χ3n) is 2.54. The Morgan fingerprint density at radius 1 is 1.53 bits per heavy atom. The van der Waals surface area contributed by atoms with Crippen LogP contribution in [0, 0.1) is 6.92 Å². The molecule has 0 bridgehead atoms. The molecule has 1 aliphatic heterocycles. The monoisotopic (exact) mass is 241 g/mol. The van der Waals surface area contributed by atoms with Crippen molar-refractivity contribution in [1.29, 1.82) is 0 Å². The third kappa shape index (κ3) is 2.11. The normalized spacial score (nSPS) is 24.0. The van der Waals surface area contributed by atoms with Crippen LogP contribution in [0.2, 0.25) is 0 Å². The average molecular weight is 241 g/mol. The second-order valence-corrected chi connectivity index (χ2v) is 3.84. The third-order valence-corrected chi connectivity index (χ3v) is 2.54. The quantitative estimate of drug-likeness (QED) is 0.684. The first-order valence-electron chi connectivity index (χ1n) is 5.01. The van der Waals surface area contributed by atoms with E-state index < -0.39 is 24.0 Å². The van der Waals surface area contributed by atoms with Gasteiger partial charge in [0, 0.05) is 19.9 Å². The van der Waals surface area contributed by atoms with Crippen LogP contribution in [-0.2, 0) is 4.79 Å². The minimum Gasteiger partial charge on any atom is -0.480 e. The highest BCUT2D eigenvalue weighted by atomic mass is 16.5. The maximum absolute atomic E-state index is 11.9. The molecule has 8 nitrogen and oxygen atoms in total. The number of carboxylic acid groups (broad SMARTS) is 1. The minimum absolute atomic E-state index is 0.0118. The largest absolute Gasteiger partial charge is 0.480 e. The number of likely N-dealkylation sites (tertiary alicyclic amines) is 1. The molecule has 0 aliphatic carbocycles. The number of aliphatic hydroxyl groups is 1. The Morgan fingerprint density at radius 2 is 2.24 bits per heavy atom. The number of carbonyl (C=O) groups excluding carboxylic acids is 1. The van der Waals surface area contributed by atoms with Crippen molar-refractivity contribution in [1.82, 2.24) is 15.0 Å². The van der Waals surface area contributed by atoms with Crippen molar-refractivity contribution in [2.45, 2.75) is 25.5 Å². The van der Waals surface area contributed by atoms with Crippen LogP contribution in [0.15, 0.2) is 4.52 Å². The molecule has 1 aromatic heterocycles. The van der Waals surface area contributed by atoms with Gasteiger partial charge in [0.2, 0.25) is 5.89 Å². The van der Waals surface area contributed by atoms with Crippen LogP contribution in [0.1, 0.15) is 22.9 Å². The molecule has 0 spiro atoms. The van der Waals surface area contributed by atoms with Gasteiger partial charge in [-0.25, -0.2) is 4.79 Å². The molecule has 2 heterocycles. The summed E-state index contributed by atoms with van der Waals surface area (Å²) in [6, 6.07) is -1.05. The maximum Gasteiger partial charge on any atom is 0.326 e. The van der Waals surface area contributed by atoms with Gasteiger partial charge in [0.1, 0.15) is 6.04 Å². The number of aliphatic hydroxyl groups excluding tert-OH is 1. The average Bonchev–Trinajstić information content (AvgIpc) is 2.83. The van der Waals surface area contributed by atoms with Crippen LogP contribution < -0.4 is 0 Å². The van der Waals surface area contributed by atoms with Crippen molar-refractivity contribution in [2.75, 3.05) is 6.54 Å². The molecule has 1 saturated heterocycles. The molecule has 2 atom stereocenters. The lowest BCUT2D eigenvalue weighted by molar-refractivity contribution is -0.141. The minimum atomic E-state index is -1.16. The van der Waals surface area contributed by atoms with Gasteiger partial charge in [-0.1, -0.05) is 5.16 Å². The molecule has 2 N–H and O–H groups in total. The van der Waals surface area contributed by atoms with Crippen molar-refractivity contribution in [3.8, 4) is 0 Å². The van der Waals surface area contributed by atoms with E-state index in [-0.39, 0.29) is 24.7 Å². The van der Waals surface area contributed by atoms with Crippen LogP contribution in [0.3, 0.4) is 0 Å². The highest BCUT2D eigenvalue weighted by Crippen LogP contribution is 2.20. The van der Waals surface area contributed by atoms with Gasteiger partial charge in [-0.3, -0.25) is 4.79 Å². The summed E-state index contributed by atoms with van der Waals surface area (Å²) in [6.07, 6.45) is -0.828. The van der Waals surface area contributed by atoms with E-state index in [0.717, 1.165) is 4.90 Å². The molecular formula is C9H11N3O5. The van der Waals surface area contributed by atoms with E-state index in [9.17, 15) is 14.7 Å². The fourth-order valence-corrected chi connectivity index (χ4v) is 1.79. The summed E-state index contributed by atoms with van der Waals surface area (Å²) < 4.78 is 4.65. The van der Waals surface area contributed by atoms with E-state index in [2.05, 4.69) is 14.7 Å². The van der Waals surface area contributed by atoms with Crippen LogP contribution in [-0.4, -0.2) is 55.8 Å². The Kier molecular flexibility index (Phi) is 2.80. The number of β-amino-alcohol motifs (C(OH)–C–C–N with tert-alkyl or cyclic N) is 1. The number of hydrogen-bond donors (Lipinski definition) is 2. The van der Waals surface area contributed by atoms with Crippen molar-refractivity contribution < 1.29 is 24.3 Å². The van der Waals surface area contributed by atoms with Gasteiger partial charge < -0.3 is 19.6 Å². The molecule has 0 saturated carbocycles. The summed E-state index contributed by atoms with van der Waals surface area (Å²) in [4.78, 5) is 27.6.